The third-order valence-electron chi connectivity index (χ3n) is 13.0. The van der Waals surface area contributed by atoms with Gasteiger partial charge in [-0.2, -0.15) is 0 Å². The van der Waals surface area contributed by atoms with Gasteiger partial charge in [-0.1, -0.05) is 265 Å². The predicted octanol–water partition coefficient (Wildman–Crippen LogP) is 21.0. The Labute approximate surface area is 457 Å². The van der Waals surface area contributed by atoms with Crippen LogP contribution in [0.4, 0.5) is 0 Å². The lowest BCUT2D eigenvalue weighted by atomic mass is 10.0. The number of hydrogen-bond acceptors (Lipinski definition) is 6. The number of hydrogen-bond donors (Lipinski definition) is 0. The average Bonchev–Trinajstić information content (AvgIpc) is 3.40. The van der Waals surface area contributed by atoms with E-state index in [1.807, 2.05) is 0 Å². The minimum atomic E-state index is -0.801. The first-order chi connectivity index (χ1) is 36.5. The molecule has 0 aliphatic rings. The summed E-state index contributed by atoms with van der Waals surface area (Å²) in [7, 11) is 0. The van der Waals surface area contributed by atoms with Crippen molar-refractivity contribution >= 4 is 17.9 Å². The van der Waals surface area contributed by atoms with Gasteiger partial charge in [0, 0.05) is 19.3 Å². The highest BCUT2D eigenvalue weighted by Gasteiger charge is 2.19. The maximum atomic E-state index is 12.9. The molecule has 1 unspecified atom stereocenters. The summed E-state index contributed by atoms with van der Waals surface area (Å²) >= 11 is 0. The van der Waals surface area contributed by atoms with Gasteiger partial charge in [0.1, 0.15) is 13.2 Å². The van der Waals surface area contributed by atoms with Crippen LogP contribution in [0.5, 0.6) is 0 Å². The molecule has 0 amide bonds. The number of allylic oxidation sites excluding steroid dienone is 18. The zero-order valence-electron chi connectivity index (χ0n) is 48.3. The van der Waals surface area contributed by atoms with Crippen LogP contribution in [0.25, 0.3) is 0 Å². The first-order valence-corrected chi connectivity index (χ1v) is 30.9. The highest BCUT2D eigenvalue weighted by molar-refractivity contribution is 5.71. The minimum Gasteiger partial charge on any atom is -0.462 e. The standard InChI is InChI=1S/C68H114O6/c1-4-7-10-13-16-19-22-25-28-30-31-32-33-34-35-36-37-38-41-43-46-49-52-55-58-61-67(70)73-64-65(63-72-66(69)60-57-54-51-48-45-42-39-27-24-21-18-15-12-9-6-3)74-68(71)62-59-56-53-50-47-44-40-29-26-23-20-17-14-11-8-5-2/h7,10,16,19-20,23,25,28-29,31-32,34-35,37-38,40,43,46,65H,4-6,8-9,11-15,17-18,21-22,24,26-27,30,33,36,39,41-42,44-45,47-64H2,1-3H3/b10-7-,19-16-,23-20-,28-25-,32-31-,35-34-,38-37-,40-29-,46-43-. The molecule has 0 aliphatic carbocycles. The molecule has 0 saturated carbocycles. The fourth-order valence-corrected chi connectivity index (χ4v) is 8.39. The molecular weight excluding hydrogens is 913 g/mol. The molecule has 0 heterocycles. The van der Waals surface area contributed by atoms with Crippen LogP contribution in [0.2, 0.25) is 0 Å². The van der Waals surface area contributed by atoms with Crippen molar-refractivity contribution in [3.63, 3.8) is 0 Å². The van der Waals surface area contributed by atoms with Crippen molar-refractivity contribution in [2.24, 2.45) is 0 Å². The Balaban J connectivity index is 4.45. The maximum absolute atomic E-state index is 12.9. The van der Waals surface area contributed by atoms with Crippen molar-refractivity contribution in [2.75, 3.05) is 13.2 Å². The van der Waals surface area contributed by atoms with E-state index in [4.69, 9.17) is 14.2 Å². The lowest BCUT2D eigenvalue weighted by Crippen LogP contribution is -2.30. The molecular formula is C68H114O6. The molecule has 6 heteroatoms. The Bertz CT molecular complexity index is 1510. The Hall–Kier alpha value is -3.93. The summed E-state index contributed by atoms with van der Waals surface area (Å²) in [6.07, 6.45) is 83.7. The summed E-state index contributed by atoms with van der Waals surface area (Å²) in [5.74, 6) is -0.935. The Morgan fingerprint density at radius 3 is 0.851 bits per heavy atom. The molecule has 0 aromatic rings. The van der Waals surface area contributed by atoms with Gasteiger partial charge in [-0.3, -0.25) is 14.4 Å². The third kappa shape index (κ3) is 59.0. The molecule has 0 fully saturated rings. The van der Waals surface area contributed by atoms with Crippen LogP contribution in [0.3, 0.4) is 0 Å². The molecule has 0 rings (SSSR count). The van der Waals surface area contributed by atoms with E-state index in [2.05, 4.69) is 130 Å². The van der Waals surface area contributed by atoms with E-state index in [-0.39, 0.29) is 31.1 Å². The van der Waals surface area contributed by atoms with E-state index in [0.29, 0.717) is 19.3 Å². The zero-order valence-corrected chi connectivity index (χ0v) is 48.3. The van der Waals surface area contributed by atoms with Gasteiger partial charge < -0.3 is 14.2 Å². The van der Waals surface area contributed by atoms with Crippen LogP contribution < -0.4 is 0 Å². The summed E-state index contributed by atoms with van der Waals surface area (Å²) < 4.78 is 16.9. The van der Waals surface area contributed by atoms with E-state index >= 15 is 0 Å². The summed E-state index contributed by atoms with van der Waals surface area (Å²) in [6.45, 7) is 6.49. The van der Waals surface area contributed by atoms with Crippen molar-refractivity contribution in [2.45, 2.75) is 290 Å². The van der Waals surface area contributed by atoms with Crippen LogP contribution in [-0.2, 0) is 28.6 Å². The van der Waals surface area contributed by atoms with E-state index < -0.39 is 6.10 Å². The van der Waals surface area contributed by atoms with Gasteiger partial charge in [-0.15, -0.1) is 0 Å². The number of carbonyl (C=O) groups excluding carboxylic acids is 3. The summed E-state index contributed by atoms with van der Waals surface area (Å²) in [4.78, 5) is 38.3. The molecule has 0 aromatic carbocycles. The fraction of sp³-hybridized carbons (Fsp3) is 0.691. The number of ether oxygens (including phenoxy) is 3. The topological polar surface area (TPSA) is 78.9 Å². The Morgan fingerprint density at radius 2 is 0.527 bits per heavy atom. The normalized spacial score (nSPS) is 12.9. The van der Waals surface area contributed by atoms with Gasteiger partial charge in [0.25, 0.3) is 0 Å². The quantitative estimate of drug-likeness (QED) is 0.0261. The van der Waals surface area contributed by atoms with E-state index in [0.717, 1.165) is 135 Å². The van der Waals surface area contributed by atoms with Crippen LogP contribution >= 0.6 is 0 Å². The highest BCUT2D eigenvalue weighted by Crippen LogP contribution is 2.15. The molecule has 0 radical (unpaired) electrons. The summed E-state index contributed by atoms with van der Waals surface area (Å²) in [5, 5.41) is 0. The molecule has 1 atom stereocenters. The fourth-order valence-electron chi connectivity index (χ4n) is 8.39. The van der Waals surface area contributed by atoms with Crippen LogP contribution in [0.1, 0.15) is 284 Å². The molecule has 6 nitrogen and oxygen atoms in total. The molecule has 0 aliphatic heterocycles. The number of rotatable bonds is 55. The number of unbranched alkanes of at least 4 members (excludes halogenated alkanes) is 26. The first kappa shape index (κ1) is 70.1. The molecule has 0 bridgehead atoms. The number of esters is 3. The van der Waals surface area contributed by atoms with Gasteiger partial charge in [-0.25, -0.2) is 0 Å². The molecule has 0 saturated heterocycles. The molecule has 422 valence electrons. The minimum absolute atomic E-state index is 0.0935. The Morgan fingerprint density at radius 1 is 0.284 bits per heavy atom. The van der Waals surface area contributed by atoms with Gasteiger partial charge in [0.05, 0.1) is 0 Å². The third-order valence-corrected chi connectivity index (χ3v) is 13.0. The molecule has 0 N–H and O–H groups in total. The van der Waals surface area contributed by atoms with Crippen molar-refractivity contribution in [1.82, 2.24) is 0 Å². The molecule has 0 aromatic heterocycles. The smallest absolute Gasteiger partial charge is 0.306 e. The van der Waals surface area contributed by atoms with E-state index in [9.17, 15) is 14.4 Å². The van der Waals surface area contributed by atoms with Crippen LogP contribution in [-0.4, -0.2) is 37.2 Å². The molecule has 0 spiro atoms. The lowest BCUT2D eigenvalue weighted by Gasteiger charge is -2.18. The second kappa shape index (κ2) is 61.6. The zero-order chi connectivity index (χ0) is 53.6. The van der Waals surface area contributed by atoms with Gasteiger partial charge >= 0.3 is 17.9 Å². The van der Waals surface area contributed by atoms with Crippen molar-refractivity contribution < 1.29 is 28.6 Å². The average molecular weight is 1030 g/mol. The van der Waals surface area contributed by atoms with Crippen LogP contribution in [0.15, 0.2) is 109 Å². The number of carbonyl (C=O) groups is 3. The van der Waals surface area contributed by atoms with Crippen molar-refractivity contribution in [3.05, 3.63) is 109 Å². The van der Waals surface area contributed by atoms with E-state index in [1.54, 1.807) is 0 Å². The van der Waals surface area contributed by atoms with Gasteiger partial charge in [0.2, 0.25) is 0 Å². The first-order valence-electron chi connectivity index (χ1n) is 30.9. The molecule has 74 heavy (non-hydrogen) atoms. The van der Waals surface area contributed by atoms with E-state index in [1.165, 1.54) is 109 Å². The van der Waals surface area contributed by atoms with Gasteiger partial charge in [-0.05, 0) is 109 Å². The summed E-state index contributed by atoms with van der Waals surface area (Å²) in [6, 6.07) is 0. The predicted molar refractivity (Wildman–Crippen MR) is 320 cm³/mol. The second-order valence-electron chi connectivity index (χ2n) is 20.2. The monoisotopic (exact) mass is 1030 g/mol. The SMILES string of the molecule is CC/C=C\C/C=C\C/C=C\C/C=C\C/C=C\C/C=C\C/C=C\CCCCCC(=O)OCC(COC(=O)CCCCCCCCCCCCCCCCC)OC(=O)CCCCCCC/C=C\C/C=C\CCCCCC. The van der Waals surface area contributed by atoms with Crippen molar-refractivity contribution in [1.29, 1.82) is 0 Å². The highest BCUT2D eigenvalue weighted by atomic mass is 16.6. The van der Waals surface area contributed by atoms with Gasteiger partial charge in [0.15, 0.2) is 6.10 Å². The largest absolute Gasteiger partial charge is 0.462 e. The lowest BCUT2D eigenvalue weighted by molar-refractivity contribution is -0.167. The Kier molecular flexibility index (Phi) is 58.3. The van der Waals surface area contributed by atoms with Crippen molar-refractivity contribution in [3.8, 4) is 0 Å². The van der Waals surface area contributed by atoms with Crippen LogP contribution in [0, 0.1) is 0 Å². The summed E-state index contributed by atoms with van der Waals surface area (Å²) in [5.41, 5.74) is 0. The second-order valence-corrected chi connectivity index (χ2v) is 20.2. The maximum Gasteiger partial charge on any atom is 0.306 e.